The SMILES string of the molecule is Cc1ccc2nc(-c3ccc(CP=O)cc3)cn2c1. The van der Waals surface area contributed by atoms with Crippen LogP contribution in [0.15, 0.2) is 48.8 Å². The molecule has 0 aliphatic rings. The number of aromatic nitrogens is 2. The summed E-state index contributed by atoms with van der Waals surface area (Å²) in [5.74, 6) is 0. The van der Waals surface area contributed by atoms with E-state index < -0.39 is 0 Å². The van der Waals surface area contributed by atoms with Gasteiger partial charge < -0.3 is 4.40 Å². The van der Waals surface area contributed by atoms with Gasteiger partial charge in [0.2, 0.25) is 0 Å². The maximum atomic E-state index is 10.6. The molecule has 4 heteroatoms. The normalized spacial score (nSPS) is 11.2. The van der Waals surface area contributed by atoms with Crippen LogP contribution in [-0.4, -0.2) is 9.38 Å². The summed E-state index contributed by atoms with van der Waals surface area (Å²) < 4.78 is 12.6. The van der Waals surface area contributed by atoms with Gasteiger partial charge in [0.05, 0.1) is 11.9 Å². The van der Waals surface area contributed by atoms with Gasteiger partial charge in [-0.25, -0.2) is 4.98 Å². The molecular weight excluding hydrogens is 255 g/mol. The number of aryl methyl sites for hydroxylation is 1. The molecule has 3 rings (SSSR count). The van der Waals surface area contributed by atoms with Crippen molar-refractivity contribution >= 4 is 14.1 Å². The minimum atomic E-state index is 0.156. The summed E-state index contributed by atoms with van der Waals surface area (Å²) in [4.78, 5) is 4.60. The first-order valence-corrected chi connectivity index (χ1v) is 7.10. The van der Waals surface area contributed by atoms with Gasteiger partial charge in [-0.1, -0.05) is 30.3 Å². The lowest BCUT2D eigenvalue weighted by Crippen LogP contribution is -1.82. The van der Waals surface area contributed by atoms with E-state index in [4.69, 9.17) is 0 Å². The van der Waals surface area contributed by atoms with E-state index in [-0.39, 0.29) is 8.46 Å². The smallest absolute Gasteiger partial charge is 0.160 e. The lowest BCUT2D eigenvalue weighted by molar-refractivity contribution is 0.598. The van der Waals surface area contributed by atoms with Crippen molar-refractivity contribution in [2.24, 2.45) is 0 Å². The summed E-state index contributed by atoms with van der Waals surface area (Å²) in [6.07, 6.45) is 4.66. The number of imidazole rings is 1. The molecule has 3 aromatic rings. The van der Waals surface area contributed by atoms with E-state index in [1.807, 2.05) is 40.9 Å². The van der Waals surface area contributed by atoms with Gasteiger partial charge in [0.1, 0.15) is 5.65 Å². The van der Waals surface area contributed by atoms with E-state index in [1.54, 1.807) is 0 Å². The van der Waals surface area contributed by atoms with Crippen LogP contribution in [-0.2, 0) is 10.7 Å². The van der Waals surface area contributed by atoms with Gasteiger partial charge in [0, 0.05) is 18.0 Å². The molecule has 0 fully saturated rings. The molecule has 0 radical (unpaired) electrons. The molecular formula is C15H13N2OP. The van der Waals surface area contributed by atoms with Crippen LogP contribution in [0.5, 0.6) is 0 Å². The molecule has 94 valence electrons. The highest BCUT2D eigenvalue weighted by atomic mass is 31.1. The minimum Gasteiger partial charge on any atom is -0.306 e. The predicted octanol–water partition coefficient (Wildman–Crippen LogP) is 4.10. The Morgan fingerprint density at radius 1 is 1.11 bits per heavy atom. The van der Waals surface area contributed by atoms with Crippen LogP contribution >= 0.6 is 8.46 Å². The molecule has 0 N–H and O–H groups in total. The summed E-state index contributed by atoms with van der Waals surface area (Å²) in [5, 5.41) is 0. The summed E-state index contributed by atoms with van der Waals surface area (Å²) in [7, 11) is 0.156. The zero-order valence-electron chi connectivity index (χ0n) is 10.6. The first-order chi connectivity index (χ1) is 9.26. The van der Waals surface area contributed by atoms with Gasteiger partial charge >= 0.3 is 0 Å². The third-order valence-electron chi connectivity index (χ3n) is 3.10. The first-order valence-electron chi connectivity index (χ1n) is 6.10. The molecule has 0 atom stereocenters. The van der Waals surface area contributed by atoms with E-state index in [1.165, 1.54) is 5.56 Å². The topological polar surface area (TPSA) is 34.4 Å². The summed E-state index contributed by atoms with van der Waals surface area (Å²) in [6, 6.07) is 12.1. The zero-order valence-corrected chi connectivity index (χ0v) is 11.5. The molecule has 0 aliphatic carbocycles. The van der Waals surface area contributed by atoms with Crippen molar-refractivity contribution in [1.82, 2.24) is 9.38 Å². The van der Waals surface area contributed by atoms with E-state index in [9.17, 15) is 4.57 Å². The Balaban J connectivity index is 2.01. The Bertz CT molecular complexity index is 731. The van der Waals surface area contributed by atoms with Crippen molar-refractivity contribution in [3.05, 3.63) is 59.9 Å². The van der Waals surface area contributed by atoms with E-state index in [0.717, 1.165) is 22.5 Å². The zero-order chi connectivity index (χ0) is 13.2. The molecule has 0 saturated carbocycles. The average molecular weight is 268 g/mol. The molecule has 2 aromatic heterocycles. The predicted molar refractivity (Wildman–Crippen MR) is 76.7 cm³/mol. The third kappa shape index (κ3) is 2.42. The maximum absolute atomic E-state index is 10.6. The van der Waals surface area contributed by atoms with Crippen LogP contribution in [0.3, 0.4) is 0 Å². The van der Waals surface area contributed by atoms with Crippen molar-refractivity contribution in [3.8, 4) is 11.3 Å². The Labute approximate surface area is 113 Å². The Morgan fingerprint density at radius 2 is 1.89 bits per heavy atom. The van der Waals surface area contributed by atoms with Gasteiger partial charge in [-0.05, 0) is 24.1 Å². The van der Waals surface area contributed by atoms with Crippen LogP contribution in [0.25, 0.3) is 16.9 Å². The van der Waals surface area contributed by atoms with Crippen LogP contribution in [0.2, 0.25) is 0 Å². The van der Waals surface area contributed by atoms with Crippen molar-refractivity contribution < 1.29 is 4.57 Å². The molecule has 0 unspecified atom stereocenters. The van der Waals surface area contributed by atoms with Gasteiger partial charge in [-0.2, -0.15) is 0 Å². The number of pyridine rings is 1. The standard InChI is InChI=1S/C15H13N2OP/c1-11-2-7-15-16-14(9-17(15)8-11)13-5-3-12(4-6-13)10-19-18/h2-9H,10H2,1H3. The molecule has 0 spiro atoms. The number of rotatable bonds is 3. The van der Waals surface area contributed by atoms with E-state index >= 15 is 0 Å². The number of benzene rings is 1. The van der Waals surface area contributed by atoms with Gasteiger partial charge in [0.25, 0.3) is 0 Å². The van der Waals surface area contributed by atoms with Crippen molar-refractivity contribution in [2.45, 2.75) is 13.1 Å². The molecule has 3 nitrogen and oxygen atoms in total. The average Bonchev–Trinajstić information content (AvgIpc) is 2.83. The number of hydrogen-bond acceptors (Lipinski definition) is 2. The largest absolute Gasteiger partial charge is 0.306 e. The van der Waals surface area contributed by atoms with Gasteiger partial charge in [0.15, 0.2) is 8.46 Å². The molecule has 0 bridgehead atoms. The Kier molecular flexibility index (Phi) is 3.14. The second-order valence-corrected chi connectivity index (χ2v) is 5.16. The fourth-order valence-electron chi connectivity index (χ4n) is 2.10. The second-order valence-electron chi connectivity index (χ2n) is 4.58. The lowest BCUT2D eigenvalue weighted by Gasteiger charge is -1.97. The quantitative estimate of drug-likeness (QED) is 0.670. The van der Waals surface area contributed by atoms with Crippen LogP contribution in [0.1, 0.15) is 11.1 Å². The third-order valence-corrected chi connectivity index (χ3v) is 3.59. The molecule has 0 aliphatic heterocycles. The number of fused-ring (bicyclic) bond motifs is 1. The van der Waals surface area contributed by atoms with Crippen molar-refractivity contribution in [2.75, 3.05) is 0 Å². The number of hydrogen-bond donors (Lipinski definition) is 0. The lowest BCUT2D eigenvalue weighted by atomic mass is 10.1. The van der Waals surface area contributed by atoms with Crippen molar-refractivity contribution in [1.29, 1.82) is 0 Å². The highest BCUT2D eigenvalue weighted by Crippen LogP contribution is 2.21. The summed E-state index contributed by atoms with van der Waals surface area (Å²) in [5.41, 5.74) is 5.26. The second kappa shape index (κ2) is 4.94. The van der Waals surface area contributed by atoms with Crippen LogP contribution < -0.4 is 0 Å². The summed E-state index contributed by atoms with van der Waals surface area (Å²) in [6.45, 7) is 2.07. The highest BCUT2D eigenvalue weighted by molar-refractivity contribution is 7.22. The first kappa shape index (κ1) is 12.1. The van der Waals surface area contributed by atoms with E-state index in [0.29, 0.717) is 6.16 Å². The Morgan fingerprint density at radius 3 is 2.63 bits per heavy atom. The molecule has 0 amide bonds. The summed E-state index contributed by atoms with van der Waals surface area (Å²) >= 11 is 0. The number of nitrogens with zero attached hydrogens (tertiary/aromatic N) is 2. The molecule has 19 heavy (non-hydrogen) atoms. The fraction of sp³-hybridized carbons (Fsp3) is 0.133. The van der Waals surface area contributed by atoms with Crippen molar-refractivity contribution in [3.63, 3.8) is 0 Å². The van der Waals surface area contributed by atoms with Crippen LogP contribution in [0, 0.1) is 6.92 Å². The van der Waals surface area contributed by atoms with E-state index in [2.05, 4.69) is 24.2 Å². The monoisotopic (exact) mass is 268 g/mol. The fourth-order valence-corrected chi connectivity index (χ4v) is 2.46. The van der Waals surface area contributed by atoms with Crippen LogP contribution in [0.4, 0.5) is 0 Å². The molecule has 1 aromatic carbocycles. The minimum absolute atomic E-state index is 0.156. The Hall–Kier alpha value is -1.99. The maximum Gasteiger partial charge on any atom is 0.160 e. The molecule has 0 saturated heterocycles. The van der Waals surface area contributed by atoms with Gasteiger partial charge in [-0.15, -0.1) is 0 Å². The van der Waals surface area contributed by atoms with Gasteiger partial charge in [-0.3, -0.25) is 4.57 Å². The highest BCUT2D eigenvalue weighted by Gasteiger charge is 2.04. The molecule has 2 heterocycles.